The van der Waals surface area contributed by atoms with E-state index in [1.165, 1.54) is 13.2 Å². The molecule has 32 heavy (non-hydrogen) atoms. The number of carbonyl (C=O) groups is 2. The van der Waals surface area contributed by atoms with E-state index in [1.54, 1.807) is 36.4 Å². The highest BCUT2D eigenvalue weighted by atomic mass is 19.1. The molecule has 0 saturated carbocycles. The fourth-order valence-corrected chi connectivity index (χ4v) is 3.77. The zero-order valence-corrected chi connectivity index (χ0v) is 17.5. The molecule has 2 atom stereocenters. The molecule has 0 bridgehead atoms. The number of amides is 1. The standard InChI is InChI=1S/C25H23FN2O4/c1-31-25(30)22(27)12-15-6-9-17(10-7-15)32-18-11-8-16(21(26)14-18)13-20-19-4-2-3-5-23(19)28-24(20)29/h2-11,14,20,22H,12-13,27H2,1H3,(H,28,29)/t20?,22-/m1/s1. The maximum absolute atomic E-state index is 14.8. The van der Waals surface area contributed by atoms with Crippen LogP contribution in [-0.2, 0) is 27.2 Å². The monoisotopic (exact) mass is 434 g/mol. The molecule has 3 N–H and O–H groups in total. The van der Waals surface area contributed by atoms with Gasteiger partial charge in [-0.2, -0.15) is 0 Å². The number of ether oxygens (including phenoxy) is 2. The van der Waals surface area contributed by atoms with E-state index in [-0.39, 0.29) is 12.3 Å². The molecule has 0 fully saturated rings. The van der Waals surface area contributed by atoms with Crippen molar-refractivity contribution in [2.45, 2.75) is 24.8 Å². The van der Waals surface area contributed by atoms with Gasteiger partial charge in [-0.3, -0.25) is 9.59 Å². The first-order valence-corrected chi connectivity index (χ1v) is 10.2. The van der Waals surface area contributed by atoms with Crippen LogP contribution in [0.3, 0.4) is 0 Å². The van der Waals surface area contributed by atoms with E-state index in [0.717, 1.165) is 16.8 Å². The molecule has 7 heteroatoms. The number of nitrogens with one attached hydrogen (secondary N) is 1. The van der Waals surface area contributed by atoms with Gasteiger partial charge in [-0.15, -0.1) is 0 Å². The molecular formula is C25H23FN2O4. The van der Waals surface area contributed by atoms with Gasteiger partial charge in [-0.05, 0) is 53.8 Å². The summed E-state index contributed by atoms with van der Waals surface area (Å²) in [4.78, 5) is 23.8. The van der Waals surface area contributed by atoms with Gasteiger partial charge < -0.3 is 20.5 Å². The molecule has 0 spiro atoms. The van der Waals surface area contributed by atoms with Crippen LogP contribution in [-0.4, -0.2) is 25.0 Å². The van der Waals surface area contributed by atoms with E-state index in [9.17, 15) is 14.0 Å². The summed E-state index contributed by atoms with van der Waals surface area (Å²) in [7, 11) is 1.30. The molecule has 0 saturated heterocycles. The molecule has 1 amide bonds. The average Bonchev–Trinajstić information content (AvgIpc) is 3.11. The molecule has 1 aliphatic rings. The van der Waals surface area contributed by atoms with E-state index in [4.69, 9.17) is 10.5 Å². The Morgan fingerprint density at radius 3 is 2.53 bits per heavy atom. The van der Waals surface area contributed by atoms with E-state index < -0.39 is 23.7 Å². The van der Waals surface area contributed by atoms with Crippen LogP contribution in [0.2, 0.25) is 0 Å². The van der Waals surface area contributed by atoms with E-state index in [2.05, 4.69) is 10.1 Å². The Morgan fingerprint density at radius 2 is 1.81 bits per heavy atom. The number of benzene rings is 3. The number of carbonyl (C=O) groups excluding carboxylic acids is 2. The predicted octanol–water partition coefficient (Wildman–Crippen LogP) is 3.94. The third-order valence-electron chi connectivity index (χ3n) is 5.48. The minimum absolute atomic E-state index is 0.127. The molecule has 6 nitrogen and oxygen atoms in total. The second kappa shape index (κ2) is 9.20. The number of halogens is 1. The summed E-state index contributed by atoms with van der Waals surface area (Å²) in [6.07, 6.45) is 0.609. The highest BCUT2D eigenvalue weighted by molar-refractivity contribution is 6.03. The zero-order valence-electron chi connectivity index (χ0n) is 17.5. The van der Waals surface area contributed by atoms with Gasteiger partial charge in [0.05, 0.1) is 13.0 Å². The van der Waals surface area contributed by atoms with Gasteiger partial charge in [-0.25, -0.2) is 4.39 Å². The van der Waals surface area contributed by atoms with Gasteiger partial charge in [0.25, 0.3) is 0 Å². The molecule has 3 aromatic rings. The Hall–Kier alpha value is -3.71. The third-order valence-corrected chi connectivity index (χ3v) is 5.48. The molecule has 1 aliphatic heterocycles. The van der Waals surface area contributed by atoms with Crippen molar-refractivity contribution in [1.29, 1.82) is 0 Å². The number of nitrogens with two attached hydrogens (primary N) is 1. The van der Waals surface area contributed by atoms with Crippen LogP contribution in [0.1, 0.15) is 22.6 Å². The van der Waals surface area contributed by atoms with Crippen LogP contribution in [0, 0.1) is 5.82 Å². The van der Waals surface area contributed by atoms with Crippen molar-refractivity contribution in [3.8, 4) is 11.5 Å². The van der Waals surface area contributed by atoms with Gasteiger partial charge in [-0.1, -0.05) is 36.4 Å². The first-order valence-electron chi connectivity index (χ1n) is 10.2. The first kappa shape index (κ1) is 21.5. The van der Waals surface area contributed by atoms with Gasteiger partial charge in [0, 0.05) is 11.8 Å². The fourth-order valence-electron chi connectivity index (χ4n) is 3.77. The number of rotatable bonds is 7. The van der Waals surface area contributed by atoms with Crippen molar-refractivity contribution in [3.05, 3.63) is 89.2 Å². The maximum atomic E-state index is 14.8. The minimum atomic E-state index is -0.734. The molecule has 0 radical (unpaired) electrons. The highest BCUT2D eigenvalue weighted by Gasteiger charge is 2.30. The summed E-state index contributed by atoms with van der Waals surface area (Å²) in [6.45, 7) is 0. The Kier molecular flexibility index (Phi) is 6.18. The number of methoxy groups -OCH3 is 1. The lowest BCUT2D eigenvalue weighted by Crippen LogP contribution is -2.33. The largest absolute Gasteiger partial charge is 0.468 e. The Labute approximate surface area is 185 Å². The molecule has 164 valence electrons. The molecule has 1 unspecified atom stereocenters. The van der Waals surface area contributed by atoms with Crippen LogP contribution in [0.5, 0.6) is 11.5 Å². The number of esters is 1. The van der Waals surface area contributed by atoms with Gasteiger partial charge >= 0.3 is 5.97 Å². The van der Waals surface area contributed by atoms with Crippen LogP contribution in [0.25, 0.3) is 0 Å². The van der Waals surface area contributed by atoms with Crippen molar-refractivity contribution in [1.82, 2.24) is 0 Å². The molecule has 4 rings (SSSR count). The maximum Gasteiger partial charge on any atom is 0.322 e. The minimum Gasteiger partial charge on any atom is -0.468 e. The van der Waals surface area contributed by atoms with Crippen LogP contribution >= 0.6 is 0 Å². The summed E-state index contributed by atoms with van der Waals surface area (Å²) < 4.78 is 25.1. The predicted molar refractivity (Wildman–Crippen MR) is 118 cm³/mol. The lowest BCUT2D eigenvalue weighted by molar-refractivity contribution is -0.142. The Morgan fingerprint density at radius 1 is 1.09 bits per heavy atom. The molecular weight excluding hydrogens is 411 g/mol. The topological polar surface area (TPSA) is 90.7 Å². The highest BCUT2D eigenvalue weighted by Crippen LogP contribution is 2.35. The summed E-state index contributed by atoms with van der Waals surface area (Å²) >= 11 is 0. The first-order chi connectivity index (χ1) is 15.4. The van der Waals surface area contributed by atoms with Crippen molar-refractivity contribution < 1.29 is 23.5 Å². The number of anilines is 1. The lowest BCUT2D eigenvalue weighted by Gasteiger charge is -2.12. The number of fused-ring (bicyclic) bond motifs is 1. The van der Waals surface area contributed by atoms with Crippen molar-refractivity contribution in [2.75, 3.05) is 12.4 Å². The summed E-state index contributed by atoms with van der Waals surface area (Å²) in [5.74, 6) is -0.577. The Bertz CT molecular complexity index is 1150. The number of hydrogen-bond donors (Lipinski definition) is 2. The molecule has 0 aliphatic carbocycles. The summed E-state index contributed by atoms with van der Waals surface area (Å²) in [5, 5.41) is 2.84. The van der Waals surface area contributed by atoms with Crippen LogP contribution in [0.4, 0.5) is 10.1 Å². The lowest BCUT2D eigenvalue weighted by atomic mass is 9.93. The van der Waals surface area contributed by atoms with Gasteiger partial charge in [0.2, 0.25) is 5.91 Å². The normalized spacial score (nSPS) is 15.6. The van der Waals surface area contributed by atoms with Crippen molar-refractivity contribution in [3.63, 3.8) is 0 Å². The number of para-hydroxylation sites is 1. The van der Waals surface area contributed by atoms with E-state index >= 15 is 0 Å². The molecule has 1 heterocycles. The zero-order chi connectivity index (χ0) is 22.7. The van der Waals surface area contributed by atoms with E-state index in [1.807, 2.05) is 24.3 Å². The van der Waals surface area contributed by atoms with Gasteiger partial charge in [0.15, 0.2) is 0 Å². The van der Waals surface area contributed by atoms with Crippen molar-refractivity contribution in [2.24, 2.45) is 5.73 Å². The van der Waals surface area contributed by atoms with Crippen LogP contribution < -0.4 is 15.8 Å². The summed E-state index contributed by atoms with van der Waals surface area (Å²) in [6, 6.07) is 18.4. The molecule has 3 aromatic carbocycles. The fraction of sp³-hybridized carbons (Fsp3) is 0.200. The number of hydrogen-bond acceptors (Lipinski definition) is 5. The summed E-state index contributed by atoms with van der Waals surface area (Å²) in [5.41, 5.74) is 8.73. The quantitative estimate of drug-likeness (QED) is 0.550. The van der Waals surface area contributed by atoms with Gasteiger partial charge in [0.1, 0.15) is 23.4 Å². The van der Waals surface area contributed by atoms with Crippen molar-refractivity contribution >= 4 is 17.6 Å². The third kappa shape index (κ3) is 4.63. The second-order valence-electron chi connectivity index (χ2n) is 7.67. The second-order valence-corrected chi connectivity index (χ2v) is 7.67. The Balaban J connectivity index is 1.42. The van der Waals surface area contributed by atoms with E-state index in [0.29, 0.717) is 23.5 Å². The molecule has 0 aromatic heterocycles. The van der Waals surface area contributed by atoms with Crippen LogP contribution in [0.15, 0.2) is 66.7 Å². The average molecular weight is 434 g/mol. The smallest absolute Gasteiger partial charge is 0.322 e. The SMILES string of the molecule is COC(=O)[C@H](N)Cc1ccc(Oc2ccc(CC3C(=O)Nc4ccccc43)c(F)c2)cc1.